The first-order chi connectivity index (χ1) is 12.5. The summed E-state index contributed by atoms with van der Waals surface area (Å²) in [5, 5.41) is 5.76. The van der Waals surface area contributed by atoms with Crippen LogP contribution < -0.4 is 15.4 Å². The number of nitrogens with one attached hydrogen (secondary N) is 2. The topological polar surface area (TPSA) is 70.7 Å². The number of benzene rings is 2. The van der Waals surface area contributed by atoms with E-state index >= 15 is 0 Å². The number of fused-ring (bicyclic) bond motifs is 1. The third kappa shape index (κ3) is 4.61. The van der Waals surface area contributed by atoms with Crippen molar-refractivity contribution in [2.24, 2.45) is 0 Å². The zero-order valence-electron chi connectivity index (χ0n) is 15.0. The van der Waals surface area contributed by atoms with Gasteiger partial charge in [-0.3, -0.25) is 14.5 Å². The predicted molar refractivity (Wildman–Crippen MR) is 99.8 cm³/mol. The van der Waals surface area contributed by atoms with Crippen LogP contribution in [-0.2, 0) is 22.7 Å². The Morgan fingerprint density at radius 2 is 1.96 bits per heavy atom. The van der Waals surface area contributed by atoms with Crippen LogP contribution in [0.5, 0.6) is 5.75 Å². The molecule has 0 spiro atoms. The summed E-state index contributed by atoms with van der Waals surface area (Å²) >= 11 is 0. The highest BCUT2D eigenvalue weighted by molar-refractivity contribution is 5.97. The van der Waals surface area contributed by atoms with Gasteiger partial charge in [-0.15, -0.1) is 0 Å². The molecule has 0 radical (unpaired) electrons. The first kappa shape index (κ1) is 17.9. The van der Waals surface area contributed by atoms with Gasteiger partial charge in [-0.1, -0.05) is 36.4 Å². The molecule has 0 aliphatic carbocycles. The lowest BCUT2D eigenvalue weighted by molar-refractivity contribution is -0.123. The minimum atomic E-state index is -0.482. The molecule has 136 valence electrons. The maximum absolute atomic E-state index is 12.1. The van der Waals surface area contributed by atoms with E-state index in [9.17, 15) is 9.59 Å². The second kappa shape index (κ2) is 8.01. The number of hydrogen-bond donors (Lipinski definition) is 2. The summed E-state index contributed by atoms with van der Waals surface area (Å²) in [6.07, 6.45) is -0.482. The lowest BCUT2D eigenvalue weighted by Gasteiger charge is -2.24. The highest BCUT2D eigenvalue weighted by Gasteiger charge is 2.23. The van der Waals surface area contributed by atoms with E-state index in [1.807, 2.05) is 60.5 Å². The number of anilines is 1. The molecule has 0 saturated carbocycles. The molecule has 1 aliphatic rings. The molecule has 2 N–H and O–H groups in total. The fraction of sp³-hybridized carbons (Fsp3) is 0.300. The van der Waals surface area contributed by atoms with E-state index in [1.54, 1.807) is 6.92 Å². The third-order valence-electron chi connectivity index (χ3n) is 4.17. The molecule has 1 heterocycles. The second-order valence-electron chi connectivity index (χ2n) is 6.51. The van der Waals surface area contributed by atoms with Crippen molar-refractivity contribution in [3.05, 3.63) is 59.7 Å². The summed E-state index contributed by atoms with van der Waals surface area (Å²) in [6, 6.07) is 15.5. The number of rotatable bonds is 6. The number of nitrogens with zero attached hydrogens (tertiary/aromatic N) is 1. The van der Waals surface area contributed by atoms with Crippen LogP contribution in [0.15, 0.2) is 48.5 Å². The fourth-order valence-electron chi connectivity index (χ4n) is 2.82. The van der Waals surface area contributed by atoms with E-state index in [0.717, 1.165) is 11.1 Å². The van der Waals surface area contributed by atoms with Gasteiger partial charge < -0.3 is 15.4 Å². The molecular weight excluding hydrogens is 330 g/mol. The Balaban J connectivity index is 1.51. The van der Waals surface area contributed by atoms with Crippen LogP contribution in [0, 0.1) is 0 Å². The SMILES string of the molecule is CC1Oc2ccc(CN(C)CC(=O)NCc3ccccc3)cc2NC1=O. The monoisotopic (exact) mass is 353 g/mol. The molecule has 0 aromatic heterocycles. The van der Waals surface area contributed by atoms with E-state index in [4.69, 9.17) is 4.74 Å². The van der Waals surface area contributed by atoms with Crippen molar-refractivity contribution >= 4 is 17.5 Å². The van der Waals surface area contributed by atoms with Crippen LogP contribution in [-0.4, -0.2) is 36.4 Å². The Labute approximate surface area is 153 Å². The van der Waals surface area contributed by atoms with Crippen LogP contribution in [0.25, 0.3) is 0 Å². The van der Waals surface area contributed by atoms with Crippen molar-refractivity contribution in [3.8, 4) is 5.75 Å². The molecule has 1 atom stereocenters. The van der Waals surface area contributed by atoms with Gasteiger partial charge in [0.25, 0.3) is 5.91 Å². The van der Waals surface area contributed by atoms with Crippen molar-refractivity contribution in [1.29, 1.82) is 0 Å². The molecule has 6 heteroatoms. The molecule has 0 saturated heterocycles. The smallest absolute Gasteiger partial charge is 0.265 e. The van der Waals surface area contributed by atoms with E-state index in [1.165, 1.54) is 0 Å². The van der Waals surface area contributed by atoms with Crippen LogP contribution in [0.3, 0.4) is 0 Å². The molecule has 3 rings (SSSR count). The Hall–Kier alpha value is -2.86. The van der Waals surface area contributed by atoms with Crippen LogP contribution >= 0.6 is 0 Å². The average molecular weight is 353 g/mol. The number of amides is 2. The lowest BCUT2D eigenvalue weighted by Crippen LogP contribution is -2.35. The Morgan fingerprint density at radius 3 is 2.73 bits per heavy atom. The molecular formula is C20H23N3O3. The third-order valence-corrected chi connectivity index (χ3v) is 4.17. The minimum absolute atomic E-state index is 0.0280. The molecule has 6 nitrogen and oxygen atoms in total. The van der Waals surface area contributed by atoms with Gasteiger partial charge in [0, 0.05) is 13.1 Å². The normalized spacial score (nSPS) is 15.8. The molecule has 1 unspecified atom stereocenters. The zero-order chi connectivity index (χ0) is 18.5. The Morgan fingerprint density at radius 1 is 1.19 bits per heavy atom. The van der Waals surface area contributed by atoms with Crippen molar-refractivity contribution < 1.29 is 14.3 Å². The minimum Gasteiger partial charge on any atom is -0.479 e. The fourth-order valence-corrected chi connectivity index (χ4v) is 2.82. The van der Waals surface area contributed by atoms with Crippen LogP contribution in [0.2, 0.25) is 0 Å². The molecule has 2 aromatic carbocycles. The highest BCUT2D eigenvalue weighted by Crippen LogP contribution is 2.30. The summed E-state index contributed by atoms with van der Waals surface area (Å²) < 4.78 is 5.55. The quantitative estimate of drug-likeness (QED) is 0.835. The van der Waals surface area contributed by atoms with Gasteiger partial charge in [0.05, 0.1) is 12.2 Å². The Bertz CT molecular complexity index is 792. The number of ether oxygens (including phenoxy) is 1. The zero-order valence-corrected chi connectivity index (χ0v) is 15.0. The van der Waals surface area contributed by atoms with Gasteiger partial charge in [0.1, 0.15) is 5.75 Å². The van der Waals surface area contributed by atoms with Crippen molar-refractivity contribution in [3.63, 3.8) is 0 Å². The first-order valence-corrected chi connectivity index (χ1v) is 8.61. The van der Waals surface area contributed by atoms with E-state index < -0.39 is 6.10 Å². The second-order valence-corrected chi connectivity index (χ2v) is 6.51. The molecule has 0 fully saturated rings. The van der Waals surface area contributed by atoms with Gasteiger partial charge in [-0.05, 0) is 37.2 Å². The summed E-state index contributed by atoms with van der Waals surface area (Å²) in [5.41, 5.74) is 2.75. The molecule has 2 amide bonds. The maximum atomic E-state index is 12.1. The number of hydrogen-bond acceptors (Lipinski definition) is 4. The van der Waals surface area contributed by atoms with E-state index in [0.29, 0.717) is 31.1 Å². The number of carbonyl (C=O) groups is 2. The Kier molecular flexibility index (Phi) is 5.53. The molecule has 0 bridgehead atoms. The van der Waals surface area contributed by atoms with Gasteiger partial charge in [-0.2, -0.15) is 0 Å². The largest absolute Gasteiger partial charge is 0.479 e. The summed E-state index contributed by atoms with van der Waals surface area (Å²) in [4.78, 5) is 25.8. The molecule has 1 aliphatic heterocycles. The lowest BCUT2D eigenvalue weighted by atomic mass is 10.1. The van der Waals surface area contributed by atoms with Gasteiger partial charge in [0.2, 0.25) is 5.91 Å². The maximum Gasteiger partial charge on any atom is 0.265 e. The van der Waals surface area contributed by atoms with Crippen LogP contribution in [0.4, 0.5) is 5.69 Å². The standard InChI is InChI=1S/C20H23N3O3/c1-14-20(25)22-17-10-16(8-9-18(17)26-14)12-23(2)13-19(24)21-11-15-6-4-3-5-7-15/h3-10,14H,11-13H2,1-2H3,(H,21,24)(H,22,25). The number of carbonyl (C=O) groups excluding carboxylic acids is 2. The van der Waals surface area contributed by atoms with Crippen molar-refractivity contribution in [2.45, 2.75) is 26.1 Å². The molecule has 2 aromatic rings. The summed E-state index contributed by atoms with van der Waals surface area (Å²) in [7, 11) is 1.89. The van der Waals surface area contributed by atoms with Crippen LogP contribution in [0.1, 0.15) is 18.1 Å². The average Bonchev–Trinajstić information content (AvgIpc) is 2.62. The first-order valence-electron chi connectivity index (χ1n) is 8.61. The van der Waals surface area contributed by atoms with E-state index in [-0.39, 0.29) is 11.8 Å². The summed E-state index contributed by atoms with van der Waals surface area (Å²) in [5.74, 6) is 0.493. The van der Waals surface area contributed by atoms with Crippen molar-refractivity contribution in [1.82, 2.24) is 10.2 Å². The molecule has 26 heavy (non-hydrogen) atoms. The summed E-state index contributed by atoms with van der Waals surface area (Å²) in [6.45, 7) is 3.13. The van der Waals surface area contributed by atoms with Gasteiger partial charge in [0.15, 0.2) is 6.10 Å². The van der Waals surface area contributed by atoms with Crippen molar-refractivity contribution in [2.75, 3.05) is 18.9 Å². The highest BCUT2D eigenvalue weighted by atomic mass is 16.5. The van der Waals surface area contributed by atoms with E-state index in [2.05, 4.69) is 10.6 Å². The van der Waals surface area contributed by atoms with Gasteiger partial charge in [-0.25, -0.2) is 0 Å². The van der Waals surface area contributed by atoms with Gasteiger partial charge >= 0.3 is 0 Å². The predicted octanol–water partition coefficient (Wildman–Crippen LogP) is 2.15. The number of likely N-dealkylation sites (N-methyl/N-ethyl adjacent to an activating group) is 1.